The van der Waals surface area contributed by atoms with E-state index in [4.69, 9.17) is 14.2 Å². The van der Waals surface area contributed by atoms with Crippen LogP contribution in [0.3, 0.4) is 0 Å². The number of rotatable bonds is 7. The number of nitrogens with zero attached hydrogens (tertiary/aromatic N) is 3. The van der Waals surface area contributed by atoms with Crippen molar-refractivity contribution in [1.82, 2.24) is 14.6 Å². The normalized spacial score (nSPS) is 15.9. The van der Waals surface area contributed by atoms with Gasteiger partial charge in [0.05, 0.1) is 11.1 Å². The van der Waals surface area contributed by atoms with Gasteiger partial charge in [0, 0.05) is 0 Å². The number of aromatic nitrogens is 3. The van der Waals surface area contributed by atoms with Gasteiger partial charge in [0.2, 0.25) is 4.96 Å². The summed E-state index contributed by atoms with van der Waals surface area (Å²) in [4.78, 5) is 17.9. The van der Waals surface area contributed by atoms with Gasteiger partial charge in [-0.1, -0.05) is 55.4 Å². The lowest BCUT2D eigenvalue weighted by Gasteiger charge is -2.24. The number of unbranched alkanes of at least 4 members (excludes halogenated alkanes) is 2. The Bertz CT molecular complexity index is 1330. The molecule has 1 atom stereocenters. The molecule has 0 N–H and O–H groups in total. The number of para-hydroxylation sites is 2. The molecule has 0 spiro atoms. The summed E-state index contributed by atoms with van der Waals surface area (Å²) >= 11 is 1.31. The van der Waals surface area contributed by atoms with Crippen molar-refractivity contribution in [3.63, 3.8) is 0 Å². The van der Waals surface area contributed by atoms with Crippen LogP contribution in [0, 0.1) is 0 Å². The van der Waals surface area contributed by atoms with E-state index < -0.39 is 6.10 Å². The van der Waals surface area contributed by atoms with E-state index in [0.717, 1.165) is 24.3 Å². The van der Waals surface area contributed by atoms with Crippen LogP contribution in [0.1, 0.15) is 43.7 Å². The van der Waals surface area contributed by atoms with Crippen LogP contribution in [0.4, 0.5) is 0 Å². The Hall–Kier alpha value is -3.39. The molecule has 0 radical (unpaired) electrons. The number of ether oxygens (including phenoxy) is 3. The zero-order chi connectivity index (χ0) is 21.9. The monoisotopic (exact) mass is 449 g/mol. The molecule has 3 heterocycles. The van der Waals surface area contributed by atoms with E-state index in [-0.39, 0.29) is 5.56 Å². The minimum Gasteiger partial charge on any atom is -0.494 e. The fraction of sp³-hybridized carbons (Fsp3) is 0.292. The second-order valence-electron chi connectivity index (χ2n) is 7.57. The van der Waals surface area contributed by atoms with E-state index in [1.54, 1.807) is 0 Å². The number of fused-ring (bicyclic) bond motifs is 2. The lowest BCUT2D eigenvalue weighted by Crippen LogP contribution is -2.26. The van der Waals surface area contributed by atoms with Crippen LogP contribution >= 0.6 is 11.3 Å². The van der Waals surface area contributed by atoms with Gasteiger partial charge in [-0.25, -0.2) is 0 Å². The summed E-state index contributed by atoms with van der Waals surface area (Å²) in [6, 6.07) is 15.2. The van der Waals surface area contributed by atoms with E-state index in [1.807, 2.05) is 54.6 Å². The Labute approximate surface area is 188 Å². The highest BCUT2D eigenvalue weighted by molar-refractivity contribution is 7.15. The largest absolute Gasteiger partial charge is 0.494 e. The number of hydrogen-bond donors (Lipinski definition) is 0. The minimum absolute atomic E-state index is 0.194. The van der Waals surface area contributed by atoms with Gasteiger partial charge >= 0.3 is 0 Å². The quantitative estimate of drug-likeness (QED) is 0.400. The third-order valence-electron chi connectivity index (χ3n) is 5.19. The molecule has 32 heavy (non-hydrogen) atoms. The van der Waals surface area contributed by atoms with Crippen molar-refractivity contribution in [2.75, 3.05) is 13.2 Å². The molecule has 1 aliphatic rings. The Kier molecular flexibility index (Phi) is 5.77. The highest BCUT2D eigenvalue weighted by Crippen LogP contribution is 2.35. The topological polar surface area (TPSA) is 74.9 Å². The maximum atomic E-state index is 12.8. The van der Waals surface area contributed by atoms with E-state index >= 15 is 0 Å². The van der Waals surface area contributed by atoms with Crippen LogP contribution in [0.5, 0.6) is 17.2 Å². The summed E-state index contributed by atoms with van der Waals surface area (Å²) in [7, 11) is 0. The molecule has 5 rings (SSSR count). The van der Waals surface area contributed by atoms with Crippen molar-refractivity contribution >= 4 is 22.4 Å². The molecule has 8 heteroatoms. The average molecular weight is 450 g/mol. The fourth-order valence-electron chi connectivity index (χ4n) is 3.49. The predicted molar refractivity (Wildman–Crippen MR) is 123 cm³/mol. The van der Waals surface area contributed by atoms with Crippen molar-refractivity contribution in [3.05, 3.63) is 74.8 Å². The van der Waals surface area contributed by atoms with E-state index in [2.05, 4.69) is 17.0 Å². The molecule has 2 aromatic carbocycles. The zero-order valence-corrected chi connectivity index (χ0v) is 18.5. The average Bonchev–Trinajstić information content (AvgIpc) is 3.37. The summed E-state index contributed by atoms with van der Waals surface area (Å²) in [6.07, 6.45) is 4.79. The molecule has 164 valence electrons. The molecule has 4 aromatic rings. The van der Waals surface area contributed by atoms with Crippen LogP contribution < -0.4 is 24.3 Å². The molecule has 7 nitrogen and oxygen atoms in total. The van der Waals surface area contributed by atoms with Gasteiger partial charge in [0.15, 0.2) is 23.4 Å². The molecule has 0 amide bonds. The van der Waals surface area contributed by atoms with E-state index in [9.17, 15) is 4.79 Å². The third kappa shape index (κ3) is 4.18. The second kappa shape index (κ2) is 9.00. The summed E-state index contributed by atoms with van der Waals surface area (Å²) in [5.74, 6) is 2.63. The van der Waals surface area contributed by atoms with Gasteiger partial charge in [-0.15, -0.1) is 5.10 Å². The van der Waals surface area contributed by atoms with Crippen molar-refractivity contribution < 1.29 is 14.2 Å². The molecule has 0 aliphatic carbocycles. The predicted octanol–water partition coefficient (Wildman–Crippen LogP) is 3.78. The summed E-state index contributed by atoms with van der Waals surface area (Å²) in [5, 5.41) is 4.39. The van der Waals surface area contributed by atoms with Crippen LogP contribution in [0.15, 0.2) is 53.3 Å². The number of hydrogen-bond acceptors (Lipinski definition) is 7. The number of thiazole rings is 1. The van der Waals surface area contributed by atoms with Gasteiger partial charge in [-0.05, 0) is 42.3 Å². The van der Waals surface area contributed by atoms with Gasteiger partial charge in [0.25, 0.3) is 5.56 Å². The van der Waals surface area contributed by atoms with E-state index in [1.165, 1.54) is 28.7 Å². The lowest BCUT2D eigenvalue weighted by molar-refractivity contribution is 0.0852. The molecule has 0 fully saturated rings. The first-order valence-electron chi connectivity index (χ1n) is 10.7. The standard InChI is InChI=1S/C24H23N3O4S/c1-2-3-6-13-29-17-11-9-16(10-12-17)14-21-23(28)27-24(32-21)25-22(26-27)20-15-30-18-7-4-5-8-19(18)31-20/h4-5,7-12,14,20H,2-3,6,13,15H2,1H3. The summed E-state index contributed by atoms with van der Waals surface area (Å²) in [6.45, 7) is 3.19. The highest BCUT2D eigenvalue weighted by atomic mass is 32.1. The maximum absolute atomic E-state index is 12.8. The van der Waals surface area contributed by atoms with Gasteiger partial charge in [-0.2, -0.15) is 9.50 Å². The first-order chi connectivity index (χ1) is 15.7. The van der Waals surface area contributed by atoms with Gasteiger partial charge < -0.3 is 14.2 Å². The second-order valence-corrected chi connectivity index (χ2v) is 8.58. The molecule has 0 saturated carbocycles. The molecular weight excluding hydrogens is 426 g/mol. The van der Waals surface area contributed by atoms with E-state index in [0.29, 0.717) is 33.4 Å². The molecule has 1 unspecified atom stereocenters. The van der Waals surface area contributed by atoms with Crippen LogP contribution in [0.2, 0.25) is 0 Å². The number of benzene rings is 2. The molecule has 2 aromatic heterocycles. The van der Waals surface area contributed by atoms with Crippen LogP contribution in [-0.2, 0) is 0 Å². The SMILES string of the molecule is CCCCCOc1ccc(C=c2sc3nc(C4COc5ccccc5O4)nn3c2=O)cc1. The Morgan fingerprint density at radius 1 is 1.16 bits per heavy atom. The summed E-state index contributed by atoms with van der Waals surface area (Å²) in [5.41, 5.74) is 0.731. The van der Waals surface area contributed by atoms with Gasteiger partial charge in [-0.3, -0.25) is 4.79 Å². The van der Waals surface area contributed by atoms with Crippen LogP contribution in [-0.4, -0.2) is 27.8 Å². The lowest BCUT2D eigenvalue weighted by atomic mass is 10.2. The minimum atomic E-state index is -0.450. The van der Waals surface area contributed by atoms with Crippen molar-refractivity contribution in [1.29, 1.82) is 0 Å². The molecule has 1 aliphatic heterocycles. The smallest absolute Gasteiger partial charge is 0.291 e. The molecular formula is C24H23N3O4S. The Morgan fingerprint density at radius 2 is 1.97 bits per heavy atom. The zero-order valence-electron chi connectivity index (χ0n) is 17.7. The van der Waals surface area contributed by atoms with Crippen molar-refractivity contribution in [2.24, 2.45) is 0 Å². The Balaban J connectivity index is 1.33. The molecule has 0 saturated heterocycles. The highest BCUT2D eigenvalue weighted by Gasteiger charge is 2.27. The molecule has 0 bridgehead atoms. The van der Waals surface area contributed by atoms with Gasteiger partial charge in [0.1, 0.15) is 12.4 Å². The summed E-state index contributed by atoms with van der Waals surface area (Å²) < 4.78 is 19.4. The van der Waals surface area contributed by atoms with Crippen molar-refractivity contribution in [2.45, 2.75) is 32.3 Å². The first-order valence-corrected chi connectivity index (χ1v) is 11.6. The maximum Gasteiger partial charge on any atom is 0.291 e. The van der Waals surface area contributed by atoms with Crippen molar-refractivity contribution in [3.8, 4) is 17.2 Å². The van der Waals surface area contributed by atoms with Crippen LogP contribution in [0.25, 0.3) is 11.0 Å². The fourth-order valence-corrected chi connectivity index (χ4v) is 4.40. The third-order valence-corrected chi connectivity index (χ3v) is 6.15. The Morgan fingerprint density at radius 3 is 2.75 bits per heavy atom. The first kappa shape index (κ1) is 20.5.